The molecule has 1 aromatic carbocycles. The van der Waals surface area contributed by atoms with Crippen LogP contribution in [0.4, 0.5) is 23.7 Å². The number of ether oxygens (including phenoxy) is 2. The van der Waals surface area contributed by atoms with E-state index in [1.165, 1.54) is 24.3 Å². The number of pyridine rings is 1. The quantitative estimate of drug-likeness (QED) is 0.900. The highest BCUT2D eigenvalue weighted by Crippen LogP contribution is 2.35. The molecule has 2 amide bonds. The van der Waals surface area contributed by atoms with E-state index in [4.69, 9.17) is 9.47 Å². The molecule has 2 heterocycles. The fourth-order valence-corrected chi connectivity index (χ4v) is 2.48. The molecule has 3 rings (SSSR count). The fraction of sp³-hybridized carbons (Fsp3) is 0.294. The Morgan fingerprint density at radius 1 is 1.23 bits per heavy atom. The number of nitrogens with one attached hydrogen (secondary N) is 1. The molecule has 0 bridgehead atoms. The van der Waals surface area contributed by atoms with E-state index < -0.39 is 23.7 Å². The second kappa shape index (κ2) is 7.11. The largest absolute Gasteiger partial charge is 0.495 e. The number of aromatic nitrogens is 1. The van der Waals surface area contributed by atoms with Crippen molar-refractivity contribution < 1.29 is 27.4 Å². The SMILES string of the molecule is COc1ccccc1NC(=O)N1CC(Oc2ncccc2C(F)(F)F)C1. The molecule has 2 aromatic rings. The van der Waals surface area contributed by atoms with E-state index in [1.54, 1.807) is 24.3 Å². The van der Waals surface area contributed by atoms with Crippen molar-refractivity contribution in [3.63, 3.8) is 0 Å². The van der Waals surface area contributed by atoms with E-state index in [1.807, 2.05) is 0 Å². The van der Waals surface area contributed by atoms with Crippen molar-refractivity contribution in [3.8, 4) is 11.6 Å². The summed E-state index contributed by atoms with van der Waals surface area (Å²) in [6.45, 7) is 0.323. The highest BCUT2D eigenvalue weighted by atomic mass is 19.4. The molecule has 0 saturated carbocycles. The summed E-state index contributed by atoms with van der Waals surface area (Å²) < 4.78 is 49.3. The first-order chi connectivity index (χ1) is 12.4. The lowest BCUT2D eigenvalue weighted by Crippen LogP contribution is -2.57. The third-order valence-corrected chi connectivity index (χ3v) is 3.84. The average Bonchev–Trinajstić information content (AvgIpc) is 2.57. The summed E-state index contributed by atoms with van der Waals surface area (Å²) in [5.41, 5.74) is -0.426. The minimum absolute atomic E-state index is 0.162. The Hall–Kier alpha value is -2.97. The van der Waals surface area contributed by atoms with E-state index in [0.717, 1.165) is 6.07 Å². The smallest absolute Gasteiger partial charge is 0.421 e. The molecule has 1 saturated heterocycles. The molecule has 6 nitrogen and oxygen atoms in total. The molecule has 9 heteroatoms. The van der Waals surface area contributed by atoms with Gasteiger partial charge < -0.3 is 19.7 Å². The number of rotatable bonds is 4. The number of alkyl halides is 3. The first-order valence-corrected chi connectivity index (χ1v) is 7.76. The van der Waals surface area contributed by atoms with E-state index in [2.05, 4.69) is 10.3 Å². The molecule has 1 aromatic heterocycles. The number of hydrogen-bond acceptors (Lipinski definition) is 4. The van der Waals surface area contributed by atoms with Crippen LogP contribution in [0, 0.1) is 0 Å². The van der Waals surface area contributed by atoms with Gasteiger partial charge in [0.1, 0.15) is 17.4 Å². The Morgan fingerprint density at radius 3 is 2.65 bits per heavy atom. The fourth-order valence-electron chi connectivity index (χ4n) is 2.48. The molecule has 0 aliphatic carbocycles. The molecule has 138 valence electrons. The number of likely N-dealkylation sites (tertiary alicyclic amines) is 1. The zero-order chi connectivity index (χ0) is 18.7. The van der Waals surface area contributed by atoms with Crippen LogP contribution in [0.5, 0.6) is 11.6 Å². The van der Waals surface area contributed by atoms with Crippen molar-refractivity contribution in [1.82, 2.24) is 9.88 Å². The summed E-state index contributed by atoms with van der Waals surface area (Å²) >= 11 is 0. The van der Waals surface area contributed by atoms with Gasteiger partial charge in [-0.05, 0) is 24.3 Å². The maximum Gasteiger partial charge on any atom is 0.421 e. The third kappa shape index (κ3) is 3.81. The Morgan fingerprint density at radius 2 is 1.96 bits per heavy atom. The summed E-state index contributed by atoms with van der Waals surface area (Å²) in [7, 11) is 1.49. The van der Waals surface area contributed by atoms with Crippen LogP contribution in [0.15, 0.2) is 42.6 Å². The topological polar surface area (TPSA) is 63.7 Å². The lowest BCUT2D eigenvalue weighted by molar-refractivity contribution is -0.140. The first kappa shape index (κ1) is 17.8. The molecule has 0 atom stereocenters. The van der Waals surface area contributed by atoms with Crippen molar-refractivity contribution in [2.24, 2.45) is 0 Å². The predicted octanol–water partition coefficient (Wildman–Crippen LogP) is 3.40. The normalized spacial score (nSPS) is 14.5. The van der Waals surface area contributed by atoms with E-state index in [-0.39, 0.29) is 19.1 Å². The van der Waals surface area contributed by atoms with E-state index in [0.29, 0.717) is 11.4 Å². The standard InChI is InChI=1S/C17H16F3N3O3/c1-25-14-7-3-2-6-13(14)22-16(24)23-9-11(10-23)26-15-12(17(18,19)20)5-4-8-21-15/h2-8,11H,9-10H2,1H3,(H,22,24). The number of carbonyl (C=O) groups is 1. The van der Waals surface area contributed by atoms with Crippen LogP contribution in [0.2, 0.25) is 0 Å². The van der Waals surface area contributed by atoms with Crippen LogP contribution >= 0.6 is 0 Å². The third-order valence-electron chi connectivity index (χ3n) is 3.84. The van der Waals surface area contributed by atoms with E-state index in [9.17, 15) is 18.0 Å². The molecule has 1 N–H and O–H groups in total. The Kier molecular flexibility index (Phi) is 4.88. The van der Waals surface area contributed by atoms with Gasteiger partial charge in [0.15, 0.2) is 0 Å². The van der Waals surface area contributed by atoms with Gasteiger partial charge in [0.05, 0.1) is 25.9 Å². The molecule has 26 heavy (non-hydrogen) atoms. The van der Waals surface area contributed by atoms with Gasteiger partial charge in [-0.3, -0.25) is 0 Å². The zero-order valence-corrected chi connectivity index (χ0v) is 13.8. The number of urea groups is 1. The predicted molar refractivity (Wildman–Crippen MR) is 87.2 cm³/mol. The zero-order valence-electron chi connectivity index (χ0n) is 13.8. The van der Waals surface area contributed by atoms with Crippen LogP contribution in [0.25, 0.3) is 0 Å². The number of anilines is 1. The van der Waals surface area contributed by atoms with Gasteiger partial charge in [-0.25, -0.2) is 9.78 Å². The van der Waals surface area contributed by atoms with Crippen molar-refractivity contribution in [2.75, 3.05) is 25.5 Å². The Balaban J connectivity index is 1.57. The highest BCUT2D eigenvalue weighted by molar-refractivity contribution is 5.91. The van der Waals surface area contributed by atoms with Crippen LogP contribution in [0.1, 0.15) is 5.56 Å². The van der Waals surface area contributed by atoms with Crippen LogP contribution < -0.4 is 14.8 Å². The number of para-hydroxylation sites is 2. The molecule has 0 unspecified atom stereocenters. The highest BCUT2D eigenvalue weighted by Gasteiger charge is 2.38. The maximum absolute atomic E-state index is 12.9. The minimum atomic E-state index is -4.55. The molecule has 0 radical (unpaired) electrons. The molecule has 0 spiro atoms. The molecule has 1 aliphatic rings. The number of amides is 2. The summed E-state index contributed by atoms with van der Waals surface area (Å²) in [4.78, 5) is 17.3. The molecular formula is C17H16F3N3O3. The number of hydrogen-bond donors (Lipinski definition) is 1. The summed E-state index contributed by atoms with van der Waals surface area (Å²) in [6, 6.07) is 8.64. The van der Waals surface area contributed by atoms with Gasteiger partial charge >= 0.3 is 12.2 Å². The minimum Gasteiger partial charge on any atom is -0.495 e. The summed E-state index contributed by atoms with van der Waals surface area (Å²) in [5, 5.41) is 2.69. The van der Waals surface area contributed by atoms with Gasteiger partial charge in [0.2, 0.25) is 5.88 Å². The number of nitrogens with zero attached hydrogens (tertiary/aromatic N) is 2. The molecule has 1 aliphatic heterocycles. The number of carbonyl (C=O) groups excluding carboxylic acids is 1. The van der Waals surface area contributed by atoms with Gasteiger partial charge in [-0.2, -0.15) is 13.2 Å². The summed E-state index contributed by atoms with van der Waals surface area (Å²) in [6.07, 6.45) is -3.86. The van der Waals surface area contributed by atoms with Crippen molar-refractivity contribution in [2.45, 2.75) is 12.3 Å². The van der Waals surface area contributed by atoms with Crippen molar-refractivity contribution in [3.05, 3.63) is 48.2 Å². The van der Waals surface area contributed by atoms with Gasteiger partial charge in [0, 0.05) is 6.20 Å². The number of benzene rings is 1. The van der Waals surface area contributed by atoms with Crippen molar-refractivity contribution >= 4 is 11.7 Å². The average molecular weight is 367 g/mol. The van der Waals surface area contributed by atoms with Gasteiger partial charge in [-0.1, -0.05) is 12.1 Å². The number of methoxy groups -OCH3 is 1. The second-order valence-electron chi connectivity index (χ2n) is 5.63. The van der Waals surface area contributed by atoms with Crippen LogP contribution in [-0.4, -0.2) is 42.2 Å². The maximum atomic E-state index is 12.9. The van der Waals surface area contributed by atoms with Gasteiger partial charge in [-0.15, -0.1) is 0 Å². The Labute approximate surface area is 147 Å². The first-order valence-electron chi connectivity index (χ1n) is 7.76. The summed E-state index contributed by atoms with van der Waals surface area (Å²) in [5.74, 6) is 0.0345. The Bertz CT molecular complexity index is 792. The van der Waals surface area contributed by atoms with Crippen LogP contribution in [0.3, 0.4) is 0 Å². The lowest BCUT2D eigenvalue weighted by atomic mass is 10.2. The number of halogens is 3. The van der Waals surface area contributed by atoms with Gasteiger partial charge in [0.25, 0.3) is 0 Å². The van der Waals surface area contributed by atoms with Crippen molar-refractivity contribution in [1.29, 1.82) is 0 Å². The second-order valence-corrected chi connectivity index (χ2v) is 5.63. The molecule has 1 fully saturated rings. The van der Waals surface area contributed by atoms with E-state index >= 15 is 0 Å². The molecular weight excluding hydrogens is 351 g/mol. The monoisotopic (exact) mass is 367 g/mol. The lowest BCUT2D eigenvalue weighted by Gasteiger charge is -2.38. The van der Waals surface area contributed by atoms with Crippen LogP contribution in [-0.2, 0) is 6.18 Å².